The van der Waals surface area contributed by atoms with Crippen LogP contribution in [0.1, 0.15) is 26.2 Å². The van der Waals surface area contributed by atoms with E-state index in [4.69, 9.17) is 0 Å². The van der Waals surface area contributed by atoms with Gasteiger partial charge in [-0.05, 0) is 31.8 Å². The molecule has 0 unspecified atom stereocenters. The molecular formula is C8H12O. The van der Waals surface area contributed by atoms with Crippen molar-refractivity contribution in [1.29, 1.82) is 0 Å². The summed E-state index contributed by atoms with van der Waals surface area (Å²) in [6.07, 6.45) is 6.79. The lowest BCUT2D eigenvalue weighted by Crippen LogP contribution is -1.92. The van der Waals surface area contributed by atoms with Crippen LogP contribution in [0.4, 0.5) is 0 Å². The molecule has 1 aliphatic carbocycles. The molecule has 0 bridgehead atoms. The second-order valence-electron chi connectivity index (χ2n) is 2.61. The van der Waals surface area contributed by atoms with Gasteiger partial charge >= 0.3 is 0 Å². The molecule has 1 saturated carbocycles. The predicted octanol–water partition coefficient (Wildman–Crippen LogP) is 1.93. The fourth-order valence-corrected chi connectivity index (χ4v) is 0.860. The average molecular weight is 124 g/mol. The smallest absolute Gasteiger partial charge is 0.155 e. The number of ketones is 1. The SMILES string of the molecule is C/C=C/C(=O)CC1CC1. The van der Waals surface area contributed by atoms with Gasteiger partial charge in [0.05, 0.1) is 0 Å². The molecule has 0 radical (unpaired) electrons. The van der Waals surface area contributed by atoms with Gasteiger partial charge in [-0.25, -0.2) is 0 Å². The van der Waals surface area contributed by atoms with E-state index in [0.717, 1.165) is 12.3 Å². The van der Waals surface area contributed by atoms with Crippen molar-refractivity contribution in [3.8, 4) is 0 Å². The van der Waals surface area contributed by atoms with Crippen LogP contribution in [0, 0.1) is 5.92 Å². The number of hydrogen-bond acceptors (Lipinski definition) is 1. The van der Waals surface area contributed by atoms with Gasteiger partial charge in [0.2, 0.25) is 0 Å². The molecule has 0 saturated heterocycles. The van der Waals surface area contributed by atoms with Gasteiger partial charge in [-0.3, -0.25) is 4.79 Å². The van der Waals surface area contributed by atoms with Crippen molar-refractivity contribution in [1.82, 2.24) is 0 Å². The Labute approximate surface area is 55.8 Å². The van der Waals surface area contributed by atoms with Crippen LogP contribution in [0.15, 0.2) is 12.2 Å². The highest BCUT2D eigenvalue weighted by Crippen LogP contribution is 2.32. The van der Waals surface area contributed by atoms with Crippen LogP contribution < -0.4 is 0 Å². The third-order valence-corrected chi connectivity index (χ3v) is 1.54. The van der Waals surface area contributed by atoms with Crippen LogP contribution in [-0.4, -0.2) is 5.78 Å². The van der Waals surface area contributed by atoms with Crippen molar-refractivity contribution in [3.05, 3.63) is 12.2 Å². The molecule has 1 nitrogen and oxygen atoms in total. The summed E-state index contributed by atoms with van der Waals surface area (Å²) in [6, 6.07) is 0. The largest absolute Gasteiger partial charge is 0.295 e. The molecule has 0 aromatic carbocycles. The summed E-state index contributed by atoms with van der Waals surface area (Å²) in [7, 11) is 0. The second kappa shape index (κ2) is 2.81. The predicted molar refractivity (Wildman–Crippen MR) is 37.2 cm³/mol. The maximum atomic E-state index is 10.8. The fourth-order valence-electron chi connectivity index (χ4n) is 0.860. The highest BCUT2D eigenvalue weighted by molar-refractivity contribution is 5.89. The number of carbonyl (C=O) groups is 1. The summed E-state index contributed by atoms with van der Waals surface area (Å²) in [5.74, 6) is 1.02. The van der Waals surface area contributed by atoms with Gasteiger partial charge in [0.1, 0.15) is 0 Å². The zero-order valence-corrected chi connectivity index (χ0v) is 5.76. The van der Waals surface area contributed by atoms with Gasteiger partial charge in [-0.15, -0.1) is 0 Å². The first-order valence-electron chi connectivity index (χ1n) is 3.48. The van der Waals surface area contributed by atoms with Crippen molar-refractivity contribution >= 4 is 5.78 Å². The van der Waals surface area contributed by atoms with E-state index in [1.165, 1.54) is 12.8 Å². The molecule has 0 spiro atoms. The summed E-state index contributed by atoms with van der Waals surface area (Å²) < 4.78 is 0. The Hall–Kier alpha value is -0.590. The molecule has 0 aromatic heterocycles. The summed E-state index contributed by atoms with van der Waals surface area (Å²) in [5, 5.41) is 0. The molecule has 0 N–H and O–H groups in total. The standard InChI is InChI=1S/C8H12O/c1-2-3-8(9)6-7-4-5-7/h2-3,7H,4-6H2,1H3/b3-2+. The molecule has 0 amide bonds. The quantitative estimate of drug-likeness (QED) is 0.525. The fraction of sp³-hybridized carbons (Fsp3) is 0.625. The topological polar surface area (TPSA) is 17.1 Å². The molecule has 0 aromatic rings. The molecule has 0 heterocycles. The van der Waals surface area contributed by atoms with E-state index in [1.807, 2.05) is 13.0 Å². The van der Waals surface area contributed by atoms with Gasteiger partial charge in [0.15, 0.2) is 5.78 Å². The Kier molecular flexibility index (Phi) is 2.04. The molecule has 1 rings (SSSR count). The van der Waals surface area contributed by atoms with E-state index < -0.39 is 0 Å². The van der Waals surface area contributed by atoms with Crippen molar-refractivity contribution in [2.24, 2.45) is 5.92 Å². The lowest BCUT2D eigenvalue weighted by atomic mass is 10.2. The lowest BCUT2D eigenvalue weighted by molar-refractivity contribution is -0.114. The molecule has 1 fully saturated rings. The van der Waals surface area contributed by atoms with Gasteiger partial charge in [-0.1, -0.05) is 6.08 Å². The van der Waals surface area contributed by atoms with Crippen LogP contribution in [0.3, 0.4) is 0 Å². The molecule has 0 atom stereocenters. The van der Waals surface area contributed by atoms with Crippen LogP contribution >= 0.6 is 0 Å². The van der Waals surface area contributed by atoms with Crippen LogP contribution in [-0.2, 0) is 4.79 Å². The second-order valence-corrected chi connectivity index (χ2v) is 2.61. The third kappa shape index (κ3) is 2.45. The van der Waals surface area contributed by atoms with Crippen molar-refractivity contribution < 1.29 is 4.79 Å². The van der Waals surface area contributed by atoms with Crippen LogP contribution in [0.25, 0.3) is 0 Å². The normalized spacial score (nSPS) is 18.8. The highest BCUT2D eigenvalue weighted by Gasteiger charge is 2.22. The van der Waals surface area contributed by atoms with Crippen LogP contribution in [0.2, 0.25) is 0 Å². The van der Waals surface area contributed by atoms with Crippen molar-refractivity contribution in [3.63, 3.8) is 0 Å². The lowest BCUT2D eigenvalue weighted by Gasteiger charge is -1.87. The Bertz CT molecular complexity index is 132. The molecule has 50 valence electrons. The molecule has 1 heteroatoms. The number of hydrogen-bond donors (Lipinski definition) is 0. The van der Waals surface area contributed by atoms with E-state index in [1.54, 1.807) is 6.08 Å². The maximum Gasteiger partial charge on any atom is 0.155 e. The zero-order valence-electron chi connectivity index (χ0n) is 5.76. The highest BCUT2D eigenvalue weighted by atomic mass is 16.1. The summed E-state index contributed by atoms with van der Waals surface area (Å²) in [4.78, 5) is 10.8. The van der Waals surface area contributed by atoms with Crippen molar-refractivity contribution in [2.75, 3.05) is 0 Å². The Morgan fingerprint density at radius 1 is 1.67 bits per heavy atom. The maximum absolute atomic E-state index is 10.8. The Morgan fingerprint density at radius 3 is 2.78 bits per heavy atom. The van der Waals surface area contributed by atoms with Gasteiger partial charge in [0.25, 0.3) is 0 Å². The first-order valence-corrected chi connectivity index (χ1v) is 3.48. The van der Waals surface area contributed by atoms with Gasteiger partial charge < -0.3 is 0 Å². The summed E-state index contributed by atoms with van der Waals surface area (Å²) in [5.41, 5.74) is 0. The van der Waals surface area contributed by atoms with E-state index >= 15 is 0 Å². The van der Waals surface area contributed by atoms with Gasteiger partial charge in [-0.2, -0.15) is 0 Å². The number of allylic oxidation sites excluding steroid dienone is 2. The van der Waals surface area contributed by atoms with E-state index in [0.29, 0.717) is 5.78 Å². The minimum atomic E-state index is 0.292. The molecule has 9 heavy (non-hydrogen) atoms. The average Bonchev–Trinajstić information content (AvgIpc) is 2.50. The van der Waals surface area contributed by atoms with Crippen molar-refractivity contribution in [2.45, 2.75) is 26.2 Å². The minimum absolute atomic E-state index is 0.292. The Balaban J connectivity index is 2.17. The summed E-state index contributed by atoms with van der Waals surface area (Å²) in [6.45, 7) is 1.88. The number of carbonyl (C=O) groups excluding carboxylic acids is 1. The first-order chi connectivity index (χ1) is 4.33. The zero-order chi connectivity index (χ0) is 6.69. The monoisotopic (exact) mass is 124 g/mol. The van der Waals surface area contributed by atoms with E-state index in [-0.39, 0.29) is 0 Å². The van der Waals surface area contributed by atoms with Gasteiger partial charge in [0, 0.05) is 6.42 Å². The third-order valence-electron chi connectivity index (χ3n) is 1.54. The Morgan fingerprint density at radius 2 is 2.33 bits per heavy atom. The number of rotatable bonds is 3. The minimum Gasteiger partial charge on any atom is -0.295 e. The van der Waals surface area contributed by atoms with E-state index in [2.05, 4.69) is 0 Å². The first kappa shape index (κ1) is 6.53. The molecule has 0 aliphatic heterocycles. The van der Waals surface area contributed by atoms with Crippen LogP contribution in [0.5, 0.6) is 0 Å². The summed E-state index contributed by atoms with van der Waals surface area (Å²) >= 11 is 0. The molecule has 1 aliphatic rings. The van der Waals surface area contributed by atoms with E-state index in [9.17, 15) is 4.79 Å². The molecular weight excluding hydrogens is 112 g/mol.